The van der Waals surface area contributed by atoms with Crippen molar-refractivity contribution < 1.29 is 9.13 Å². The van der Waals surface area contributed by atoms with Gasteiger partial charge in [-0.2, -0.15) is 4.57 Å². The van der Waals surface area contributed by atoms with Gasteiger partial charge in [-0.3, -0.25) is 0 Å². The second-order valence-electron chi connectivity index (χ2n) is 7.93. The molecule has 2 heterocycles. The molecule has 0 atom stereocenters. The number of rotatable bonds is 4. The summed E-state index contributed by atoms with van der Waals surface area (Å²) in [6.07, 6.45) is 14.4. The normalized spacial score (nSPS) is 14.6. The first-order valence-corrected chi connectivity index (χ1v) is 10.4. The van der Waals surface area contributed by atoms with Gasteiger partial charge in [-0.05, 0) is 35.4 Å². The standard InChI is InChI=1S/C26H26N2/c1-2-7-21(6-1)20-27-16-12-22(13-17-27)23-14-18-28(19-15-23)26-11-5-9-24-8-3-4-10-25(24)26/h3-5,8-19,21H,1-2,6-7,20H2/q+2. The average molecular weight is 367 g/mol. The van der Waals surface area contributed by atoms with Crippen molar-refractivity contribution in [1.29, 1.82) is 0 Å². The molecule has 2 nitrogen and oxygen atoms in total. The van der Waals surface area contributed by atoms with Gasteiger partial charge in [-0.25, -0.2) is 4.57 Å². The quantitative estimate of drug-likeness (QED) is 0.435. The number of benzene rings is 2. The highest BCUT2D eigenvalue weighted by atomic mass is 14.9. The SMILES string of the molecule is c1ccc2c(-[n+]3ccc(-c4cc[n+](CC5CCCC5)cc4)cc3)cccc2c1. The minimum Gasteiger partial charge on any atom is -0.205 e. The summed E-state index contributed by atoms with van der Waals surface area (Å²) in [4.78, 5) is 0. The first kappa shape index (κ1) is 17.1. The van der Waals surface area contributed by atoms with Crippen LogP contribution in [0, 0.1) is 5.92 Å². The molecule has 1 saturated carbocycles. The van der Waals surface area contributed by atoms with E-state index in [0.29, 0.717) is 0 Å². The Balaban J connectivity index is 1.39. The zero-order valence-corrected chi connectivity index (χ0v) is 16.2. The van der Waals surface area contributed by atoms with Gasteiger partial charge in [0.05, 0.1) is 5.39 Å². The lowest BCUT2D eigenvalue weighted by Gasteiger charge is -2.05. The number of hydrogen-bond donors (Lipinski definition) is 0. The molecule has 0 amide bonds. The van der Waals surface area contributed by atoms with Crippen LogP contribution in [0.3, 0.4) is 0 Å². The molecule has 4 aromatic rings. The van der Waals surface area contributed by atoms with E-state index in [-0.39, 0.29) is 0 Å². The van der Waals surface area contributed by atoms with Gasteiger partial charge >= 0.3 is 0 Å². The topological polar surface area (TPSA) is 7.76 Å². The number of aromatic nitrogens is 2. The van der Waals surface area contributed by atoms with Gasteiger partial charge in [-0.15, -0.1) is 0 Å². The van der Waals surface area contributed by atoms with E-state index in [1.165, 1.54) is 53.3 Å². The molecule has 0 unspecified atom stereocenters. The molecule has 1 aliphatic carbocycles. The molecule has 0 aliphatic heterocycles. The summed E-state index contributed by atoms with van der Waals surface area (Å²) in [5, 5.41) is 2.54. The lowest BCUT2D eigenvalue weighted by molar-refractivity contribution is -0.703. The van der Waals surface area contributed by atoms with Crippen LogP contribution >= 0.6 is 0 Å². The van der Waals surface area contributed by atoms with Crippen LogP contribution < -0.4 is 9.13 Å². The second kappa shape index (κ2) is 7.55. The predicted octanol–water partition coefficient (Wildman–Crippen LogP) is 5.26. The van der Waals surface area contributed by atoms with Gasteiger partial charge < -0.3 is 0 Å². The van der Waals surface area contributed by atoms with E-state index in [1.54, 1.807) is 0 Å². The number of nitrogens with zero attached hydrogens (tertiary/aromatic N) is 2. The summed E-state index contributed by atoms with van der Waals surface area (Å²) < 4.78 is 4.55. The molecule has 1 fully saturated rings. The van der Waals surface area contributed by atoms with Crippen LogP contribution in [0.15, 0.2) is 91.5 Å². The Hall–Kier alpha value is -3.00. The summed E-state index contributed by atoms with van der Waals surface area (Å²) in [6.45, 7) is 1.16. The van der Waals surface area contributed by atoms with E-state index in [0.717, 1.165) is 12.5 Å². The minimum atomic E-state index is 0.868. The van der Waals surface area contributed by atoms with Crippen molar-refractivity contribution in [1.82, 2.24) is 0 Å². The molecule has 1 aliphatic rings. The van der Waals surface area contributed by atoms with Crippen molar-refractivity contribution in [2.75, 3.05) is 0 Å². The third-order valence-corrected chi connectivity index (χ3v) is 6.04. The van der Waals surface area contributed by atoms with Crippen LogP contribution in [0.25, 0.3) is 27.6 Å². The lowest BCUT2D eigenvalue weighted by atomic mass is 10.1. The van der Waals surface area contributed by atoms with Crippen LogP contribution in [-0.4, -0.2) is 0 Å². The number of hydrogen-bond acceptors (Lipinski definition) is 0. The van der Waals surface area contributed by atoms with Crippen molar-refractivity contribution in [3.8, 4) is 16.8 Å². The Bertz CT molecular complexity index is 1070. The summed E-state index contributed by atoms with van der Waals surface area (Å²) in [5.41, 5.74) is 3.74. The zero-order valence-electron chi connectivity index (χ0n) is 16.2. The molecule has 0 bridgehead atoms. The molecule has 0 N–H and O–H groups in total. The highest BCUT2D eigenvalue weighted by molar-refractivity contribution is 5.88. The largest absolute Gasteiger partial charge is 0.218 e. The maximum absolute atomic E-state index is 2.35. The van der Waals surface area contributed by atoms with Gasteiger partial charge in [0.2, 0.25) is 5.69 Å². The molecule has 2 aromatic carbocycles. The Kier molecular flexibility index (Phi) is 4.62. The third-order valence-electron chi connectivity index (χ3n) is 6.04. The molecule has 2 heteroatoms. The molecule has 28 heavy (non-hydrogen) atoms. The summed E-state index contributed by atoms with van der Waals surface area (Å²) in [6, 6.07) is 23.9. The van der Waals surface area contributed by atoms with Gasteiger partial charge in [0.25, 0.3) is 0 Å². The summed E-state index contributed by atoms with van der Waals surface area (Å²) in [7, 11) is 0. The van der Waals surface area contributed by atoms with E-state index >= 15 is 0 Å². The van der Waals surface area contributed by atoms with Gasteiger partial charge in [0.1, 0.15) is 0 Å². The number of fused-ring (bicyclic) bond motifs is 1. The van der Waals surface area contributed by atoms with Crippen molar-refractivity contribution in [3.05, 3.63) is 91.5 Å². The van der Waals surface area contributed by atoms with Crippen molar-refractivity contribution >= 4 is 10.8 Å². The fraction of sp³-hybridized carbons (Fsp3) is 0.231. The smallest absolute Gasteiger partial charge is 0.205 e. The molecule has 0 radical (unpaired) electrons. The van der Waals surface area contributed by atoms with Gasteiger partial charge in [-0.1, -0.05) is 43.2 Å². The van der Waals surface area contributed by atoms with Crippen molar-refractivity contribution in [2.45, 2.75) is 32.2 Å². The minimum absolute atomic E-state index is 0.868. The maximum atomic E-state index is 2.35. The Morgan fingerprint density at radius 1 is 0.679 bits per heavy atom. The Morgan fingerprint density at radius 2 is 1.32 bits per heavy atom. The first-order valence-electron chi connectivity index (χ1n) is 10.4. The van der Waals surface area contributed by atoms with Gasteiger partial charge in [0.15, 0.2) is 31.3 Å². The predicted molar refractivity (Wildman–Crippen MR) is 113 cm³/mol. The summed E-state index contributed by atoms with van der Waals surface area (Å²) >= 11 is 0. The molecule has 0 spiro atoms. The average Bonchev–Trinajstić information content (AvgIpc) is 3.27. The molecular formula is C26H26N2+2. The van der Waals surface area contributed by atoms with Crippen molar-refractivity contribution in [2.24, 2.45) is 5.92 Å². The molecular weight excluding hydrogens is 340 g/mol. The highest BCUT2D eigenvalue weighted by Gasteiger charge is 2.19. The van der Waals surface area contributed by atoms with Crippen LogP contribution in [0.4, 0.5) is 0 Å². The molecule has 2 aromatic heterocycles. The van der Waals surface area contributed by atoms with E-state index in [1.807, 2.05) is 0 Å². The Morgan fingerprint density at radius 3 is 2.07 bits per heavy atom. The highest BCUT2D eigenvalue weighted by Crippen LogP contribution is 2.25. The maximum Gasteiger partial charge on any atom is 0.218 e. The van der Waals surface area contributed by atoms with Crippen LogP contribution in [0.1, 0.15) is 25.7 Å². The fourth-order valence-electron chi connectivity index (χ4n) is 4.48. The van der Waals surface area contributed by atoms with E-state index in [2.05, 4.69) is 101 Å². The van der Waals surface area contributed by atoms with E-state index < -0.39 is 0 Å². The Labute approximate surface area is 166 Å². The van der Waals surface area contributed by atoms with E-state index in [4.69, 9.17) is 0 Å². The van der Waals surface area contributed by atoms with Crippen LogP contribution in [0.2, 0.25) is 0 Å². The first-order chi connectivity index (χ1) is 13.9. The lowest BCUT2D eigenvalue weighted by Crippen LogP contribution is -2.35. The van der Waals surface area contributed by atoms with Crippen LogP contribution in [0.5, 0.6) is 0 Å². The zero-order chi connectivity index (χ0) is 18.8. The third kappa shape index (κ3) is 3.43. The molecule has 0 saturated heterocycles. The number of pyridine rings is 2. The van der Waals surface area contributed by atoms with E-state index in [9.17, 15) is 0 Å². The summed E-state index contributed by atoms with van der Waals surface area (Å²) in [5.74, 6) is 0.868. The fourth-order valence-corrected chi connectivity index (χ4v) is 4.48. The molecule has 138 valence electrons. The van der Waals surface area contributed by atoms with Gasteiger partial charge in [0, 0.05) is 36.2 Å². The second-order valence-corrected chi connectivity index (χ2v) is 7.93. The van der Waals surface area contributed by atoms with Crippen molar-refractivity contribution in [3.63, 3.8) is 0 Å². The van der Waals surface area contributed by atoms with Crippen LogP contribution in [-0.2, 0) is 6.54 Å². The molecule has 5 rings (SSSR count). The monoisotopic (exact) mass is 366 g/mol.